The van der Waals surface area contributed by atoms with Crippen molar-refractivity contribution in [1.82, 2.24) is 10.2 Å². The molecule has 0 amide bonds. The van der Waals surface area contributed by atoms with Crippen LogP contribution < -0.4 is 5.32 Å². The van der Waals surface area contributed by atoms with E-state index >= 15 is 0 Å². The third-order valence-electron chi connectivity index (χ3n) is 6.23. The molecule has 0 radical (unpaired) electrons. The third-order valence-corrected chi connectivity index (χ3v) is 6.23. The Morgan fingerprint density at radius 2 is 1.70 bits per heavy atom. The molecule has 2 rings (SSSR count). The van der Waals surface area contributed by atoms with E-state index in [9.17, 15) is 0 Å². The van der Waals surface area contributed by atoms with Gasteiger partial charge in [0.05, 0.1) is 0 Å². The summed E-state index contributed by atoms with van der Waals surface area (Å²) in [4.78, 5) is 2.74. The van der Waals surface area contributed by atoms with E-state index < -0.39 is 0 Å². The molecule has 2 saturated carbocycles. The fourth-order valence-corrected chi connectivity index (χ4v) is 4.67. The first-order chi connectivity index (χ1) is 9.49. The van der Waals surface area contributed by atoms with Crippen molar-refractivity contribution >= 4 is 0 Å². The molecule has 0 spiro atoms. The summed E-state index contributed by atoms with van der Waals surface area (Å²) < 4.78 is 0. The first kappa shape index (κ1) is 16.3. The van der Waals surface area contributed by atoms with E-state index in [0.29, 0.717) is 11.5 Å². The summed E-state index contributed by atoms with van der Waals surface area (Å²) >= 11 is 0. The van der Waals surface area contributed by atoms with Crippen LogP contribution >= 0.6 is 0 Å². The van der Waals surface area contributed by atoms with Crippen LogP contribution in [0.4, 0.5) is 0 Å². The minimum Gasteiger partial charge on any atom is -0.312 e. The Bertz CT molecular complexity index is 292. The molecule has 2 fully saturated rings. The molecule has 0 aromatic rings. The van der Waals surface area contributed by atoms with Gasteiger partial charge in [0, 0.05) is 18.1 Å². The Morgan fingerprint density at radius 3 is 2.25 bits per heavy atom. The first-order valence-electron chi connectivity index (χ1n) is 8.95. The average molecular weight is 280 g/mol. The first-order valence-corrected chi connectivity index (χ1v) is 8.95. The molecule has 2 heteroatoms. The summed E-state index contributed by atoms with van der Waals surface area (Å²) in [7, 11) is 2.40. The highest BCUT2D eigenvalue weighted by Gasteiger charge is 2.44. The monoisotopic (exact) mass is 280 g/mol. The SMILES string of the molecule is CCNC1C(N(C)C2CCC(CC)CC2)CCC1(C)C. The summed E-state index contributed by atoms with van der Waals surface area (Å²) in [6.07, 6.45) is 9.86. The second kappa shape index (κ2) is 6.79. The summed E-state index contributed by atoms with van der Waals surface area (Å²) in [5, 5.41) is 3.78. The lowest BCUT2D eigenvalue weighted by molar-refractivity contribution is 0.0934. The summed E-state index contributed by atoms with van der Waals surface area (Å²) in [5.74, 6) is 1.00. The second-order valence-electron chi connectivity index (χ2n) is 7.88. The van der Waals surface area contributed by atoms with Crippen molar-refractivity contribution in [2.75, 3.05) is 13.6 Å². The molecule has 118 valence electrons. The van der Waals surface area contributed by atoms with Gasteiger partial charge in [0.15, 0.2) is 0 Å². The zero-order valence-corrected chi connectivity index (χ0v) is 14.4. The average Bonchev–Trinajstić information content (AvgIpc) is 2.74. The van der Waals surface area contributed by atoms with Crippen LogP contribution in [0.3, 0.4) is 0 Å². The number of nitrogens with zero attached hydrogens (tertiary/aromatic N) is 1. The minimum atomic E-state index is 0.454. The van der Waals surface area contributed by atoms with Crippen LogP contribution in [0, 0.1) is 11.3 Å². The molecule has 0 aromatic heterocycles. The summed E-state index contributed by atoms with van der Waals surface area (Å²) in [6.45, 7) is 10.6. The molecule has 2 unspecified atom stereocenters. The number of hydrogen-bond acceptors (Lipinski definition) is 2. The van der Waals surface area contributed by atoms with E-state index in [1.165, 1.54) is 44.9 Å². The fourth-order valence-electron chi connectivity index (χ4n) is 4.67. The molecule has 1 N–H and O–H groups in total. The predicted octanol–water partition coefficient (Wildman–Crippen LogP) is 4.05. The zero-order valence-electron chi connectivity index (χ0n) is 14.4. The van der Waals surface area contributed by atoms with Gasteiger partial charge in [0.25, 0.3) is 0 Å². The molecule has 0 aliphatic heterocycles. The molecular formula is C18H36N2. The Hall–Kier alpha value is -0.0800. The molecule has 2 nitrogen and oxygen atoms in total. The van der Waals surface area contributed by atoms with E-state index in [1.807, 2.05) is 0 Å². The van der Waals surface area contributed by atoms with Crippen molar-refractivity contribution in [2.24, 2.45) is 11.3 Å². The predicted molar refractivity (Wildman–Crippen MR) is 88.1 cm³/mol. The highest BCUT2D eigenvalue weighted by molar-refractivity contribution is 5.01. The van der Waals surface area contributed by atoms with Crippen molar-refractivity contribution in [3.8, 4) is 0 Å². The Morgan fingerprint density at radius 1 is 1.05 bits per heavy atom. The molecule has 2 aliphatic carbocycles. The lowest BCUT2D eigenvalue weighted by atomic mass is 9.82. The van der Waals surface area contributed by atoms with Crippen LogP contribution in [-0.2, 0) is 0 Å². The van der Waals surface area contributed by atoms with Gasteiger partial charge >= 0.3 is 0 Å². The van der Waals surface area contributed by atoms with E-state index in [0.717, 1.165) is 24.5 Å². The highest BCUT2D eigenvalue weighted by atomic mass is 15.2. The molecule has 2 atom stereocenters. The Labute approximate surface area is 126 Å². The lowest BCUT2D eigenvalue weighted by Crippen LogP contribution is -2.53. The van der Waals surface area contributed by atoms with E-state index in [4.69, 9.17) is 0 Å². The fraction of sp³-hybridized carbons (Fsp3) is 1.00. The second-order valence-corrected chi connectivity index (χ2v) is 7.88. The van der Waals surface area contributed by atoms with E-state index in [1.54, 1.807) is 0 Å². The molecule has 20 heavy (non-hydrogen) atoms. The number of nitrogens with one attached hydrogen (secondary N) is 1. The van der Waals surface area contributed by atoms with Crippen molar-refractivity contribution in [3.05, 3.63) is 0 Å². The van der Waals surface area contributed by atoms with E-state index in [-0.39, 0.29) is 0 Å². The van der Waals surface area contributed by atoms with Crippen LogP contribution in [0.2, 0.25) is 0 Å². The molecule has 0 heterocycles. The largest absolute Gasteiger partial charge is 0.312 e. The van der Waals surface area contributed by atoms with Gasteiger partial charge in [-0.1, -0.05) is 34.1 Å². The molecule has 0 aromatic carbocycles. The van der Waals surface area contributed by atoms with Gasteiger partial charge in [0.2, 0.25) is 0 Å². The van der Waals surface area contributed by atoms with Crippen molar-refractivity contribution in [1.29, 1.82) is 0 Å². The van der Waals surface area contributed by atoms with Crippen LogP contribution in [-0.4, -0.2) is 36.6 Å². The van der Waals surface area contributed by atoms with Gasteiger partial charge in [-0.3, -0.25) is 4.90 Å². The Kier molecular flexibility index (Phi) is 5.53. The minimum absolute atomic E-state index is 0.454. The summed E-state index contributed by atoms with van der Waals surface area (Å²) in [5.41, 5.74) is 0.454. The Balaban J connectivity index is 1.96. The van der Waals surface area contributed by atoms with Crippen LogP contribution in [0.5, 0.6) is 0 Å². The summed E-state index contributed by atoms with van der Waals surface area (Å²) in [6, 6.07) is 2.24. The maximum atomic E-state index is 3.78. The van der Waals surface area contributed by atoms with Crippen molar-refractivity contribution in [3.63, 3.8) is 0 Å². The lowest BCUT2D eigenvalue weighted by Gasteiger charge is -2.42. The van der Waals surface area contributed by atoms with Gasteiger partial charge in [-0.2, -0.15) is 0 Å². The van der Waals surface area contributed by atoms with Gasteiger partial charge in [-0.25, -0.2) is 0 Å². The topological polar surface area (TPSA) is 15.3 Å². The van der Waals surface area contributed by atoms with Gasteiger partial charge in [-0.05, 0) is 63.5 Å². The van der Waals surface area contributed by atoms with Crippen LogP contribution in [0.25, 0.3) is 0 Å². The van der Waals surface area contributed by atoms with Gasteiger partial charge in [0.1, 0.15) is 0 Å². The van der Waals surface area contributed by atoms with Crippen LogP contribution in [0.1, 0.15) is 72.6 Å². The number of rotatable bonds is 5. The smallest absolute Gasteiger partial charge is 0.0274 e. The van der Waals surface area contributed by atoms with Gasteiger partial charge < -0.3 is 5.32 Å². The van der Waals surface area contributed by atoms with Crippen molar-refractivity contribution < 1.29 is 0 Å². The van der Waals surface area contributed by atoms with E-state index in [2.05, 4.69) is 45.0 Å². The molecule has 0 bridgehead atoms. The zero-order chi connectivity index (χ0) is 14.8. The standard InChI is InChI=1S/C18H36N2/c1-6-14-8-10-15(11-9-14)20(5)16-12-13-18(3,4)17(16)19-7-2/h14-17,19H,6-13H2,1-5H3. The maximum absolute atomic E-state index is 3.78. The van der Waals surface area contributed by atoms with Crippen LogP contribution in [0.15, 0.2) is 0 Å². The third kappa shape index (κ3) is 3.39. The quantitative estimate of drug-likeness (QED) is 0.817. The molecule has 0 saturated heterocycles. The number of hydrogen-bond donors (Lipinski definition) is 1. The highest BCUT2D eigenvalue weighted by Crippen LogP contribution is 2.41. The maximum Gasteiger partial charge on any atom is 0.0274 e. The van der Waals surface area contributed by atoms with Gasteiger partial charge in [-0.15, -0.1) is 0 Å². The normalized spacial score (nSPS) is 37.5. The molecule has 2 aliphatic rings. The number of likely N-dealkylation sites (N-methyl/N-ethyl adjacent to an activating group) is 2. The molecular weight excluding hydrogens is 244 g/mol. The van der Waals surface area contributed by atoms with Crippen molar-refractivity contribution in [2.45, 2.75) is 90.8 Å².